The van der Waals surface area contributed by atoms with Crippen molar-refractivity contribution in [3.63, 3.8) is 0 Å². The molecule has 2 aromatic carbocycles. The van der Waals surface area contributed by atoms with Crippen LogP contribution < -0.4 is 11.5 Å². The molecule has 1 amide bonds. The molecular weight excluding hydrogens is 488 g/mol. The minimum absolute atomic E-state index is 0.403. The van der Waals surface area contributed by atoms with Gasteiger partial charge >= 0.3 is 0 Å². The minimum Gasteiger partial charge on any atom is -0.384 e. The number of pyridine rings is 1. The standard InChI is InChI=1S/C31H32N6O2/c1-39-18-14-26-36-27-28(24-11-5-6-12-25(24)35-29(27)32)37(26)17-8-7-15-31(16-13-22-9-3-2-4-10-22)19-23(30(33)38)20-34-21-31/h2-6,9-12,19-20H,7-8,14-15,17-18,21H2,1H3,(H2,32,35)(H2,33,38). The Balaban J connectivity index is 1.42. The lowest BCUT2D eigenvalue weighted by Crippen LogP contribution is -2.28. The number of unbranched alkanes of at least 4 members (excludes halogenated alkanes) is 1. The van der Waals surface area contributed by atoms with Crippen LogP contribution in [0.2, 0.25) is 0 Å². The van der Waals surface area contributed by atoms with Crippen LogP contribution in [0, 0.1) is 17.3 Å². The molecule has 8 nitrogen and oxygen atoms in total. The summed E-state index contributed by atoms with van der Waals surface area (Å²) in [6, 6.07) is 17.8. The number of hydrogen-bond acceptors (Lipinski definition) is 6. The molecule has 1 aliphatic rings. The van der Waals surface area contributed by atoms with Gasteiger partial charge in [-0.05, 0) is 37.5 Å². The first-order valence-corrected chi connectivity index (χ1v) is 13.1. The van der Waals surface area contributed by atoms with Crippen molar-refractivity contribution in [2.45, 2.75) is 32.2 Å². The van der Waals surface area contributed by atoms with Crippen LogP contribution in [0.5, 0.6) is 0 Å². The fourth-order valence-corrected chi connectivity index (χ4v) is 5.07. The van der Waals surface area contributed by atoms with E-state index in [4.69, 9.17) is 21.2 Å². The van der Waals surface area contributed by atoms with Crippen molar-refractivity contribution in [1.82, 2.24) is 14.5 Å². The molecule has 1 atom stereocenters. The Morgan fingerprint density at radius 2 is 1.90 bits per heavy atom. The van der Waals surface area contributed by atoms with Crippen LogP contribution in [0.25, 0.3) is 21.9 Å². The summed E-state index contributed by atoms with van der Waals surface area (Å²) in [6.07, 6.45) is 6.60. The van der Waals surface area contributed by atoms with E-state index in [1.807, 2.05) is 54.6 Å². The summed E-state index contributed by atoms with van der Waals surface area (Å²) in [6.45, 7) is 1.80. The van der Waals surface area contributed by atoms with Crippen molar-refractivity contribution in [3.05, 3.63) is 77.6 Å². The first kappa shape index (κ1) is 26.1. The lowest BCUT2D eigenvalue weighted by atomic mass is 9.80. The molecule has 1 aliphatic heterocycles. The number of imidazole rings is 1. The van der Waals surface area contributed by atoms with Crippen molar-refractivity contribution in [2.24, 2.45) is 16.1 Å². The Morgan fingerprint density at radius 3 is 2.69 bits per heavy atom. The molecule has 198 valence electrons. The lowest BCUT2D eigenvalue weighted by molar-refractivity contribution is -0.114. The number of nitrogens with zero attached hydrogens (tertiary/aromatic N) is 4. The van der Waals surface area contributed by atoms with E-state index in [1.54, 1.807) is 13.3 Å². The zero-order valence-electron chi connectivity index (χ0n) is 22.1. The summed E-state index contributed by atoms with van der Waals surface area (Å²) < 4.78 is 7.60. The number of fused-ring (bicyclic) bond motifs is 3. The number of ether oxygens (including phenoxy) is 1. The van der Waals surface area contributed by atoms with E-state index in [-0.39, 0.29) is 0 Å². The van der Waals surface area contributed by atoms with Gasteiger partial charge in [0.15, 0.2) is 5.82 Å². The number of hydrogen-bond donors (Lipinski definition) is 2. The van der Waals surface area contributed by atoms with Crippen LogP contribution in [0.1, 0.15) is 30.7 Å². The Kier molecular flexibility index (Phi) is 7.71. The third-order valence-corrected chi connectivity index (χ3v) is 7.02. The maximum Gasteiger partial charge on any atom is 0.249 e. The molecule has 0 saturated carbocycles. The monoisotopic (exact) mass is 520 g/mol. The van der Waals surface area contributed by atoms with Crippen molar-refractivity contribution >= 4 is 39.9 Å². The summed E-state index contributed by atoms with van der Waals surface area (Å²) >= 11 is 0. The highest BCUT2D eigenvalue weighted by Gasteiger charge is 2.29. The summed E-state index contributed by atoms with van der Waals surface area (Å²) in [5, 5.41) is 1.03. The number of anilines is 1. The molecule has 8 heteroatoms. The third kappa shape index (κ3) is 5.69. The number of aryl methyl sites for hydroxylation is 1. The number of benzene rings is 2. The molecule has 0 fully saturated rings. The highest BCUT2D eigenvalue weighted by molar-refractivity contribution is 6.12. The molecule has 0 bridgehead atoms. The van der Waals surface area contributed by atoms with Crippen molar-refractivity contribution in [3.8, 4) is 11.8 Å². The van der Waals surface area contributed by atoms with Crippen molar-refractivity contribution < 1.29 is 9.53 Å². The summed E-state index contributed by atoms with van der Waals surface area (Å²) in [7, 11) is 1.69. The van der Waals surface area contributed by atoms with Gasteiger partial charge < -0.3 is 20.8 Å². The number of aromatic nitrogens is 3. The Bertz CT molecular complexity index is 1630. The van der Waals surface area contributed by atoms with Crippen molar-refractivity contribution in [1.29, 1.82) is 0 Å². The van der Waals surface area contributed by atoms with Gasteiger partial charge in [0, 0.05) is 37.2 Å². The van der Waals surface area contributed by atoms with E-state index in [0.29, 0.717) is 31.0 Å². The van der Waals surface area contributed by atoms with E-state index < -0.39 is 11.3 Å². The number of para-hydroxylation sites is 1. The fraction of sp³-hybridized carbons (Fsp3) is 0.290. The number of dihydropyridines is 1. The summed E-state index contributed by atoms with van der Waals surface area (Å²) in [4.78, 5) is 25.9. The van der Waals surface area contributed by atoms with Gasteiger partial charge in [-0.2, -0.15) is 0 Å². The molecule has 3 heterocycles. The molecule has 2 aromatic heterocycles. The van der Waals surface area contributed by atoms with E-state index in [0.717, 1.165) is 59.1 Å². The molecule has 5 rings (SSSR count). The number of nitrogen functional groups attached to an aromatic ring is 1. The molecule has 0 radical (unpaired) electrons. The Hall–Kier alpha value is -4.48. The van der Waals surface area contributed by atoms with Gasteiger partial charge in [0.1, 0.15) is 11.3 Å². The number of amides is 1. The van der Waals surface area contributed by atoms with Crippen LogP contribution in [0.4, 0.5) is 5.82 Å². The fourth-order valence-electron chi connectivity index (χ4n) is 5.07. The van der Waals surface area contributed by atoms with E-state index in [9.17, 15) is 4.79 Å². The van der Waals surface area contributed by atoms with Gasteiger partial charge in [-0.15, -0.1) is 0 Å². The highest BCUT2D eigenvalue weighted by atomic mass is 16.5. The number of rotatable bonds is 9. The van der Waals surface area contributed by atoms with Gasteiger partial charge in [-0.25, -0.2) is 9.97 Å². The number of carbonyl (C=O) groups excluding carboxylic acids is 1. The van der Waals surface area contributed by atoms with Gasteiger partial charge in [0.05, 0.1) is 35.2 Å². The summed E-state index contributed by atoms with van der Waals surface area (Å²) in [5.74, 6) is 7.57. The quantitative estimate of drug-likeness (QED) is 0.255. The largest absolute Gasteiger partial charge is 0.384 e. The maximum absolute atomic E-state index is 12.0. The average Bonchev–Trinajstić information content (AvgIpc) is 3.33. The molecular formula is C31H32N6O2. The number of carbonyl (C=O) groups is 1. The molecule has 1 unspecified atom stereocenters. The molecule has 0 saturated heterocycles. The maximum atomic E-state index is 12.0. The van der Waals surface area contributed by atoms with Gasteiger partial charge in [0.25, 0.3) is 0 Å². The minimum atomic E-state index is -0.564. The normalized spacial score (nSPS) is 16.7. The van der Waals surface area contributed by atoms with Crippen LogP contribution in [-0.4, -0.2) is 46.9 Å². The van der Waals surface area contributed by atoms with Crippen LogP contribution in [-0.2, 0) is 22.5 Å². The van der Waals surface area contributed by atoms with Gasteiger partial charge in [0.2, 0.25) is 5.91 Å². The predicted octanol–water partition coefficient (Wildman–Crippen LogP) is 4.06. The van der Waals surface area contributed by atoms with E-state index in [2.05, 4.69) is 32.5 Å². The molecule has 0 aliphatic carbocycles. The number of methoxy groups -OCH3 is 1. The van der Waals surface area contributed by atoms with E-state index in [1.165, 1.54) is 0 Å². The van der Waals surface area contributed by atoms with Crippen LogP contribution in [0.3, 0.4) is 0 Å². The second-order valence-corrected chi connectivity index (χ2v) is 9.80. The second-order valence-electron chi connectivity index (χ2n) is 9.80. The van der Waals surface area contributed by atoms with Gasteiger partial charge in [-0.3, -0.25) is 9.79 Å². The zero-order chi connectivity index (χ0) is 27.2. The second kappa shape index (κ2) is 11.5. The summed E-state index contributed by atoms with van der Waals surface area (Å²) in [5.41, 5.74) is 15.3. The Labute approximate surface area is 227 Å². The zero-order valence-corrected chi connectivity index (χ0v) is 22.1. The molecule has 4 N–H and O–H groups in total. The predicted molar refractivity (Wildman–Crippen MR) is 155 cm³/mol. The Morgan fingerprint density at radius 1 is 1.10 bits per heavy atom. The number of aliphatic imine (C=N–C) groups is 1. The smallest absolute Gasteiger partial charge is 0.249 e. The van der Waals surface area contributed by atoms with Crippen molar-refractivity contribution in [2.75, 3.05) is 26.0 Å². The SMILES string of the molecule is COCCc1nc2c(N)nc3ccccc3c2n1CCCCC1(C#Cc2ccccc2)C=C(C(N)=O)C=NC1. The molecule has 39 heavy (non-hydrogen) atoms. The lowest BCUT2D eigenvalue weighted by Gasteiger charge is -2.26. The average molecular weight is 521 g/mol. The topological polar surface area (TPSA) is 121 Å². The first-order chi connectivity index (χ1) is 19.0. The molecule has 0 spiro atoms. The van der Waals surface area contributed by atoms with Crippen LogP contribution >= 0.6 is 0 Å². The first-order valence-electron chi connectivity index (χ1n) is 13.1. The third-order valence-electron chi connectivity index (χ3n) is 7.02. The highest BCUT2D eigenvalue weighted by Crippen LogP contribution is 2.32. The van der Waals surface area contributed by atoms with E-state index >= 15 is 0 Å². The van der Waals surface area contributed by atoms with Crippen LogP contribution in [0.15, 0.2) is 71.2 Å². The van der Waals surface area contributed by atoms with Gasteiger partial charge in [-0.1, -0.05) is 54.3 Å². The molecule has 4 aromatic rings. The number of nitrogens with two attached hydrogens (primary N) is 2. The number of primary amides is 1.